The molecule has 5 nitrogen and oxygen atoms in total. The predicted molar refractivity (Wildman–Crippen MR) is 70.6 cm³/mol. The van der Waals surface area contributed by atoms with Gasteiger partial charge in [0.2, 0.25) is 0 Å². The average molecular weight is 255 g/mol. The third-order valence-electron chi connectivity index (χ3n) is 3.29. The summed E-state index contributed by atoms with van der Waals surface area (Å²) >= 11 is 0. The third kappa shape index (κ3) is 2.85. The zero-order valence-corrected chi connectivity index (χ0v) is 10.5. The normalized spacial score (nSPS) is 21.2. The molecule has 1 aromatic carbocycles. The summed E-state index contributed by atoms with van der Waals surface area (Å²) in [6, 6.07) is 8.09. The lowest BCUT2D eigenvalue weighted by Gasteiger charge is -2.19. The van der Waals surface area contributed by atoms with Gasteiger partial charge in [-0.25, -0.2) is 0 Å². The van der Waals surface area contributed by atoms with Crippen LogP contribution in [0.4, 0.5) is 0 Å². The Morgan fingerprint density at radius 3 is 2.84 bits per heavy atom. The van der Waals surface area contributed by atoms with Gasteiger partial charge in [-0.15, -0.1) is 0 Å². The highest BCUT2D eigenvalue weighted by atomic mass is 16.5. The lowest BCUT2D eigenvalue weighted by atomic mass is 9.97. The van der Waals surface area contributed by atoms with Crippen molar-refractivity contribution < 1.29 is 9.26 Å². The Morgan fingerprint density at radius 2 is 2.11 bits per heavy atom. The number of aromatic nitrogens is 2. The molecule has 1 fully saturated rings. The summed E-state index contributed by atoms with van der Waals surface area (Å²) < 4.78 is 10.6. The van der Waals surface area contributed by atoms with Crippen molar-refractivity contribution in [2.24, 2.45) is 0 Å². The number of hydrogen-bond acceptors (Lipinski definition) is 5. The Morgan fingerprint density at radius 1 is 1.26 bits per heavy atom. The lowest BCUT2D eigenvalue weighted by molar-refractivity contribution is 0.139. The predicted octanol–water partition coefficient (Wildman–Crippen LogP) is 1.24. The first kappa shape index (κ1) is 12.4. The maximum absolute atomic E-state index is 5.89. The Labute approximate surface area is 113 Å². The fourth-order valence-electron chi connectivity index (χ4n) is 2.23. The van der Waals surface area contributed by atoms with Gasteiger partial charge in [0.05, 0.1) is 13.2 Å². The van der Waals surface area contributed by atoms with E-state index in [1.54, 1.807) is 0 Å². The van der Waals surface area contributed by atoms with E-state index >= 15 is 0 Å². The Bertz CT molecular complexity index is 515. The van der Waals surface area contributed by atoms with Gasteiger partial charge >= 0.3 is 0 Å². The van der Waals surface area contributed by atoms with Crippen LogP contribution in [0.5, 0.6) is 0 Å². The molecule has 2 radical (unpaired) electrons. The Balaban J connectivity index is 1.78. The van der Waals surface area contributed by atoms with Crippen LogP contribution < -0.4 is 0 Å². The van der Waals surface area contributed by atoms with Crippen molar-refractivity contribution in [1.82, 2.24) is 15.0 Å². The molecule has 2 heterocycles. The summed E-state index contributed by atoms with van der Waals surface area (Å²) in [4.78, 5) is 5.83. The average Bonchev–Trinajstić information content (AvgIpc) is 2.88. The quantitative estimate of drug-likeness (QED) is 0.755. The standard InChI is InChI=1S/C13H14BN3O2/c14-17-5-6-18-8-12(7-17)10-1-3-11(4-2-10)13-15-9-16-19-13/h1-4,9,12H,5-8H2. The van der Waals surface area contributed by atoms with Gasteiger partial charge in [-0.2, -0.15) is 4.98 Å². The second-order valence-electron chi connectivity index (χ2n) is 4.64. The molecule has 6 heteroatoms. The SMILES string of the molecule is [B]N1CCOCC(c2ccc(-c3ncno3)cc2)C1. The minimum Gasteiger partial charge on any atom is -0.379 e. The molecule has 0 bridgehead atoms. The molecule has 0 N–H and O–H groups in total. The zero-order valence-electron chi connectivity index (χ0n) is 10.5. The van der Waals surface area contributed by atoms with Gasteiger partial charge in [0.25, 0.3) is 5.89 Å². The largest absolute Gasteiger partial charge is 0.379 e. The van der Waals surface area contributed by atoms with Crippen molar-refractivity contribution in [2.75, 3.05) is 26.3 Å². The Hall–Kier alpha value is -1.66. The summed E-state index contributed by atoms with van der Waals surface area (Å²) in [5.41, 5.74) is 2.13. The minimum absolute atomic E-state index is 0.296. The molecular formula is C13H14BN3O2. The van der Waals surface area contributed by atoms with Crippen LogP contribution in [-0.2, 0) is 4.74 Å². The molecule has 1 unspecified atom stereocenters. The van der Waals surface area contributed by atoms with Crippen LogP contribution in [0.3, 0.4) is 0 Å². The molecule has 0 saturated carbocycles. The van der Waals surface area contributed by atoms with E-state index in [0.29, 0.717) is 25.0 Å². The maximum atomic E-state index is 5.89. The molecule has 2 aromatic rings. The van der Waals surface area contributed by atoms with E-state index in [1.807, 2.05) is 16.9 Å². The van der Waals surface area contributed by atoms with Crippen molar-refractivity contribution in [3.63, 3.8) is 0 Å². The maximum Gasteiger partial charge on any atom is 0.257 e. The first-order chi connectivity index (χ1) is 9.33. The van der Waals surface area contributed by atoms with Crippen molar-refractivity contribution in [3.05, 3.63) is 36.2 Å². The summed E-state index contributed by atoms with van der Waals surface area (Å²) in [5.74, 6) is 0.827. The van der Waals surface area contributed by atoms with Crippen molar-refractivity contribution in [1.29, 1.82) is 0 Å². The molecule has 1 aliphatic rings. The summed E-state index contributed by atoms with van der Waals surface area (Å²) in [6.45, 7) is 2.97. The molecule has 1 saturated heterocycles. The molecule has 19 heavy (non-hydrogen) atoms. The smallest absolute Gasteiger partial charge is 0.257 e. The van der Waals surface area contributed by atoms with E-state index in [1.165, 1.54) is 11.9 Å². The highest BCUT2D eigenvalue weighted by molar-refractivity contribution is 6.04. The van der Waals surface area contributed by atoms with Crippen molar-refractivity contribution in [2.45, 2.75) is 5.92 Å². The van der Waals surface area contributed by atoms with Crippen LogP contribution >= 0.6 is 0 Å². The Kier molecular flexibility index (Phi) is 3.61. The highest BCUT2D eigenvalue weighted by Crippen LogP contribution is 2.23. The van der Waals surface area contributed by atoms with Crippen LogP contribution in [0.25, 0.3) is 11.5 Å². The van der Waals surface area contributed by atoms with Gasteiger partial charge in [-0.05, 0) is 24.2 Å². The molecule has 96 valence electrons. The number of rotatable bonds is 2. The van der Waals surface area contributed by atoms with Gasteiger partial charge in [-0.3, -0.25) is 0 Å². The van der Waals surface area contributed by atoms with Crippen molar-refractivity contribution >= 4 is 7.98 Å². The van der Waals surface area contributed by atoms with Gasteiger partial charge in [0.1, 0.15) is 0 Å². The van der Waals surface area contributed by atoms with Gasteiger partial charge in [0, 0.05) is 18.0 Å². The first-order valence-corrected chi connectivity index (χ1v) is 6.27. The fourth-order valence-corrected chi connectivity index (χ4v) is 2.23. The molecule has 0 spiro atoms. The monoisotopic (exact) mass is 255 g/mol. The van der Waals surface area contributed by atoms with Crippen molar-refractivity contribution in [3.8, 4) is 11.5 Å². The van der Waals surface area contributed by atoms with Gasteiger partial charge < -0.3 is 14.1 Å². The van der Waals surface area contributed by atoms with Gasteiger partial charge in [-0.1, -0.05) is 17.3 Å². The molecule has 1 aromatic heterocycles. The molecule has 0 aliphatic carbocycles. The topological polar surface area (TPSA) is 51.4 Å². The molecule has 1 atom stereocenters. The molecule has 3 rings (SSSR count). The van der Waals surface area contributed by atoms with E-state index in [-0.39, 0.29) is 0 Å². The molecule has 1 aliphatic heterocycles. The summed E-state index contributed by atoms with van der Waals surface area (Å²) in [6.07, 6.45) is 1.40. The number of hydrogen-bond donors (Lipinski definition) is 0. The van der Waals surface area contributed by atoms with E-state index in [4.69, 9.17) is 17.2 Å². The van der Waals surface area contributed by atoms with E-state index in [9.17, 15) is 0 Å². The summed E-state index contributed by atoms with van der Waals surface area (Å²) in [7, 11) is 5.89. The molecular weight excluding hydrogens is 241 g/mol. The third-order valence-corrected chi connectivity index (χ3v) is 3.29. The van der Waals surface area contributed by atoms with E-state index in [0.717, 1.165) is 18.7 Å². The van der Waals surface area contributed by atoms with Crippen LogP contribution in [0, 0.1) is 0 Å². The van der Waals surface area contributed by atoms with Gasteiger partial charge in [0.15, 0.2) is 14.3 Å². The van der Waals surface area contributed by atoms with E-state index in [2.05, 4.69) is 22.3 Å². The minimum atomic E-state index is 0.296. The highest BCUT2D eigenvalue weighted by Gasteiger charge is 2.17. The van der Waals surface area contributed by atoms with Crippen LogP contribution in [0.1, 0.15) is 11.5 Å². The summed E-state index contributed by atoms with van der Waals surface area (Å²) in [5, 5.41) is 3.60. The number of nitrogens with zero attached hydrogens (tertiary/aromatic N) is 3. The van der Waals surface area contributed by atoms with E-state index < -0.39 is 0 Å². The lowest BCUT2D eigenvalue weighted by Crippen LogP contribution is -2.26. The van der Waals surface area contributed by atoms with Crippen LogP contribution in [-0.4, -0.2) is 49.2 Å². The zero-order chi connectivity index (χ0) is 13.1. The number of benzene rings is 1. The first-order valence-electron chi connectivity index (χ1n) is 6.27. The van der Waals surface area contributed by atoms with Crippen LogP contribution in [0.2, 0.25) is 0 Å². The fraction of sp³-hybridized carbons (Fsp3) is 0.385. The number of ether oxygens (including phenoxy) is 1. The second-order valence-corrected chi connectivity index (χ2v) is 4.64. The molecule has 0 amide bonds. The second kappa shape index (κ2) is 5.55. The van der Waals surface area contributed by atoms with Crippen LogP contribution in [0.15, 0.2) is 35.1 Å².